The minimum atomic E-state index is -3.66. The van der Waals surface area contributed by atoms with Crippen LogP contribution in [0.3, 0.4) is 0 Å². The topological polar surface area (TPSA) is 172 Å². The number of carbonyl (C=O) groups excluding carboxylic acids is 2. The zero-order valence-electron chi connectivity index (χ0n) is 26.1. The molecule has 2 aromatic carbocycles. The number of aliphatic hydroxyl groups excluding tert-OH is 1. The number of rotatable bonds is 15. The molecular weight excluding hydrogens is 592 g/mol. The van der Waals surface area contributed by atoms with Crippen molar-refractivity contribution in [2.24, 2.45) is 27.4 Å². The Morgan fingerprint density at radius 3 is 2.56 bits per heavy atom. The maximum absolute atomic E-state index is 13.7. The Labute approximate surface area is 265 Å². The fourth-order valence-electron chi connectivity index (χ4n) is 5.54. The van der Waals surface area contributed by atoms with Crippen LogP contribution in [0.5, 0.6) is 0 Å². The van der Waals surface area contributed by atoms with Crippen molar-refractivity contribution < 1.29 is 23.1 Å². The molecule has 0 spiro atoms. The number of hydrogen-bond acceptors (Lipinski definition) is 9. The standard InChI is InChI=1S/C33H44N6O5S/c1-33(2,36-23-41)12-4-3-5-14-38(15-7-13-34)32(42)28-16-27-11-10-26(18-30(27)37-31(35)19-28)25-8-6-9-29(17-25)45(43,44)39-20-24(21-39)22-40/h6,8-11,16-18,24,40H,3-5,7,12-15,19-22,34H2,1-2H3,(H2,35,37). The zero-order valence-corrected chi connectivity index (χ0v) is 26.9. The Morgan fingerprint density at radius 1 is 1.11 bits per heavy atom. The summed E-state index contributed by atoms with van der Waals surface area (Å²) in [6, 6.07) is 12.4. The second-order valence-electron chi connectivity index (χ2n) is 12.4. The van der Waals surface area contributed by atoms with Gasteiger partial charge in [-0.25, -0.2) is 18.2 Å². The highest BCUT2D eigenvalue weighted by atomic mass is 32.2. The van der Waals surface area contributed by atoms with Gasteiger partial charge in [0.2, 0.25) is 22.0 Å². The molecule has 5 N–H and O–H groups in total. The number of nitrogens with two attached hydrogens (primary N) is 2. The van der Waals surface area contributed by atoms with Crippen LogP contribution in [0, 0.1) is 5.92 Å². The maximum Gasteiger partial charge on any atom is 0.250 e. The molecule has 1 fully saturated rings. The van der Waals surface area contributed by atoms with Gasteiger partial charge in [0.15, 0.2) is 0 Å². The molecule has 0 bridgehead atoms. The van der Waals surface area contributed by atoms with Gasteiger partial charge in [-0.15, -0.1) is 0 Å². The molecule has 12 heteroatoms. The molecule has 0 unspecified atom stereocenters. The number of carbonyl (C=O) groups is 1. The number of aliphatic imine (C=N–C) groups is 2. The third kappa shape index (κ3) is 8.74. The van der Waals surface area contributed by atoms with E-state index in [0.717, 1.165) is 36.8 Å². The number of nitrogens with zero attached hydrogens (tertiary/aromatic N) is 4. The smallest absolute Gasteiger partial charge is 0.250 e. The van der Waals surface area contributed by atoms with Crippen molar-refractivity contribution in [2.75, 3.05) is 39.3 Å². The molecule has 1 saturated heterocycles. The summed E-state index contributed by atoms with van der Waals surface area (Å²) in [5.41, 5.74) is 15.0. The van der Waals surface area contributed by atoms with Crippen LogP contribution in [0.1, 0.15) is 57.9 Å². The number of fused-ring (bicyclic) bond motifs is 1. The van der Waals surface area contributed by atoms with E-state index in [4.69, 9.17) is 11.5 Å². The quantitative estimate of drug-likeness (QED) is 0.152. The molecule has 2 heterocycles. The summed E-state index contributed by atoms with van der Waals surface area (Å²) in [5, 5.41) is 9.28. The Kier molecular flexibility index (Phi) is 11.5. The van der Waals surface area contributed by atoms with Gasteiger partial charge in [0.1, 0.15) is 5.84 Å². The van der Waals surface area contributed by atoms with E-state index in [1.54, 1.807) is 24.3 Å². The third-order valence-corrected chi connectivity index (χ3v) is 10.1. The lowest BCUT2D eigenvalue weighted by atomic mass is 9.97. The van der Waals surface area contributed by atoms with Gasteiger partial charge >= 0.3 is 0 Å². The van der Waals surface area contributed by atoms with Gasteiger partial charge in [-0.2, -0.15) is 9.30 Å². The summed E-state index contributed by atoms with van der Waals surface area (Å²) in [4.78, 5) is 34.9. The van der Waals surface area contributed by atoms with E-state index < -0.39 is 15.6 Å². The third-order valence-electron chi connectivity index (χ3n) is 8.24. The van der Waals surface area contributed by atoms with Crippen molar-refractivity contribution in [2.45, 2.75) is 62.8 Å². The molecule has 0 radical (unpaired) electrons. The second-order valence-corrected chi connectivity index (χ2v) is 14.3. The fourth-order valence-corrected chi connectivity index (χ4v) is 7.18. The summed E-state index contributed by atoms with van der Waals surface area (Å²) < 4.78 is 27.6. The highest BCUT2D eigenvalue weighted by Crippen LogP contribution is 2.34. The van der Waals surface area contributed by atoms with Crippen molar-refractivity contribution in [3.63, 3.8) is 0 Å². The van der Waals surface area contributed by atoms with Crippen molar-refractivity contribution in [3.8, 4) is 11.1 Å². The molecule has 242 valence electrons. The average molecular weight is 637 g/mol. The van der Waals surface area contributed by atoms with Crippen LogP contribution in [0.15, 0.2) is 62.9 Å². The van der Waals surface area contributed by atoms with Crippen molar-refractivity contribution in [1.82, 2.24) is 9.21 Å². The summed E-state index contributed by atoms with van der Waals surface area (Å²) in [6.07, 6.45) is 7.71. The SMILES string of the molecule is CC(C)(CCCCCN(CCCN)C(=O)C1=Cc2ccc(-c3cccc(S(=O)(=O)N4CC(CO)C4)c3)cc2N=C(N)C1)N=C=O. The number of amidine groups is 1. The number of aliphatic hydroxyl groups is 1. The molecular formula is C33H44N6O5S. The van der Waals surface area contributed by atoms with Gasteiger partial charge in [0.05, 0.1) is 16.1 Å². The molecule has 11 nitrogen and oxygen atoms in total. The summed E-state index contributed by atoms with van der Waals surface area (Å²) in [5.74, 6) is 0.188. The molecule has 2 aromatic rings. The normalized spacial score (nSPS) is 15.6. The molecule has 0 atom stereocenters. The molecule has 0 aromatic heterocycles. The van der Waals surface area contributed by atoms with Gasteiger partial charge in [-0.1, -0.05) is 37.1 Å². The minimum Gasteiger partial charge on any atom is -0.396 e. The van der Waals surface area contributed by atoms with Gasteiger partial charge < -0.3 is 21.5 Å². The van der Waals surface area contributed by atoms with Crippen LogP contribution in [0.4, 0.5) is 5.69 Å². The van der Waals surface area contributed by atoms with Crippen LogP contribution in [-0.4, -0.2) is 85.4 Å². The summed E-state index contributed by atoms with van der Waals surface area (Å²) in [7, 11) is -3.66. The number of sulfonamides is 1. The van der Waals surface area contributed by atoms with E-state index in [2.05, 4.69) is 9.98 Å². The van der Waals surface area contributed by atoms with E-state index in [-0.39, 0.29) is 29.7 Å². The average Bonchev–Trinajstić information content (AvgIpc) is 3.15. The second kappa shape index (κ2) is 15.1. The molecule has 2 aliphatic heterocycles. The van der Waals surface area contributed by atoms with Gasteiger partial charge in [-0.05, 0) is 75.1 Å². The van der Waals surface area contributed by atoms with Crippen molar-refractivity contribution in [3.05, 3.63) is 53.6 Å². The highest BCUT2D eigenvalue weighted by molar-refractivity contribution is 7.89. The number of hydrogen-bond donors (Lipinski definition) is 3. The van der Waals surface area contributed by atoms with Gasteiger partial charge in [0, 0.05) is 56.3 Å². The van der Waals surface area contributed by atoms with Crippen molar-refractivity contribution in [1.29, 1.82) is 0 Å². The largest absolute Gasteiger partial charge is 0.396 e. The zero-order chi connectivity index (χ0) is 32.6. The number of benzene rings is 2. The first-order valence-corrected chi connectivity index (χ1v) is 16.9. The minimum absolute atomic E-state index is 0.0263. The first-order valence-electron chi connectivity index (χ1n) is 15.4. The van der Waals surface area contributed by atoms with E-state index in [1.807, 2.05) is 49.1 Å². The van der Waals surface area contributed by atoms with E-state index in [1.165, 1.54) is 4.31 Å². The number of amides is 1. The van der Waals surface area contributed by atoms with E-state index in [9.17, 15) is 23.1 Å². The lowest BCUT2D eigenvalue weighted by Gasteiger charge is -2.36. The Bertz CT molecular complexity index is 1590. The molecule has 4 rings (SSSR count). The van der Waals surface area contributed by atoms with Crippen LogP contribution in [-0.2, 0) is 19.6 Å². The van der Waals surface area contributed by atoms with Crippen LogP contribution >= 0.6 is 0 Å². The lowest BCUT2D eigenvalue weighted by Crippen LogP contribution is -2.51. The first-order chi connectivity index (χ1) is 21.5. The Hall–Kier alpha value is -3.67. The molecule has 2 aliphatic rings. The first kappa shape index (κ1) is 34.2. The number of isocyanates is 1. The maximum atomic E-state index is 13.7. The van der Waals surface area contributed by atoms with E-state index in [0.29, 0.717) is 61.8 Å². The van der Waals surface area contributed by atoms with Crippen LogP contribution < -0.4 is 11.5 Å². The Morgan fingerprint density at radius 2 is 1.84 bits per heavy atom. The molecule has 0 saturated carbocycles. The van der Waals surface area contributed by atoms with Crippen LogP contribution in [0.2, 0.25) is 0 Å². The lowest BCUT2D eigenvalue weighted by molar-refractivity contribution is -0.127. The fraction of sp³-hybridized carbons (Fsp3) is 0.485. The molecule has 1 amide bonds. The summed E-state index contributed by atoms with van der Waals surface area (Å²) >= 11 is 0. The monoisotopic (exact) mass is 636 g/mol. The summed E-state index contributed by atoms with van der Waals surface area (Å²) in [6.45, 7) is 5.99. The highest BCUT2D eigenvalue weighted by Gasteiger charge is 2.36. The molecule has 45 heavy (non-hydrogen) atoms. The van der Waals surface area contributed by atoms with Crippen molar-refractivity contribution >= 4 is 39.6 Å². The van der Waals surface area contributed by atoms with Gasteiger partial charge in [-0.3, -0.25) is 4.79 Å². The predicted molar refractivity (Wildman–Crippen MR) is 176 cm³/mol. The number of unbranched alkanes of at least 4 members (excludes halogenated alkanes) is 2. The predicted octanol–water partition coefficient (Wildman–Crippen LogP) is 3.59. The molecule has 0 aliphatic carbocycles. The van der Waals surface area contributed by atoms with Crippen LogP contribution in [0.25, 0.3) is 17.2 Å². The Balaban J connectivity index is 1.50. The van der Waals surface area contributed by atoms with E-state index >= 15 is 0 Å². The van der Waals surface area contributed by atoms with Gasteiger partial charge in [0.25, 0.3) is 0 Å².